The van der Waals surface area contributed by atoms with Gasteiger partial charge in [0.05, 0.1) is 18.7 Å². The summed E-state index contributed by atoms with van der Waals surface area (Å²) in [5, 5.41) is 9.44. The molecule has 1 unspecified atom stereocenters. The van der Waals surface area contributed by atoms with Crippen LogP contribution in [0.5, 0.6) is 0 Å². The first kappa shape index (κ1) is 11.5. The molecule has 0 spiro atoms. The fourth-order valence-corrected chi connectivity index (χ4v) is 1.60. The molecule has 0 aromatic carbocycles. The molecule has 3 N–H and O–H groups in total. The maximum atomic E-state index is 11.5. The van der Waals surface area contributed by atoms with E-state index < -0.39 is 5.60 Å². The molecule has 0 radical (unpaired) electrons. The molecule has 1 heterocycles. The normalized spacial score (nSPS) is 21.6. The topological polar surface area (TPSA) is 66.6 Å². The number of amides is 1. The lowest BCUT2D eigenvalue weighted by Gasteiger charge is -2.44. The van der Waals surface area contributed by atoms with E-state index in [0.29, 0.717) is 32.0 Å². The predicted octanol–water partition coefficient (Wildman–Crippen LogP) is -0.0454. The number of hydrogen-bond acceptors (Lipinski definition) is 3. The number of β-amino-alcohol motifs (C(OH)–C–C–N with tert-alkyl or cyclic N) is 1. The van der Waals surface area contributed by atoms with Gasteiger partial charge in [0, 0.05) is 6.42 Å². The van der Waals surface area contributed by atoms with Crippen LogP contribution in [-0.2, 0) is 4.79 Å². The van der Waals surface area contributed by atoms with Gasteiger partial charge < -0.3 is 15.7 Å². The van der Waals surface area contributed by atoms with Crippen LogP contribution >= 0.6 is 0 Å². The standard InChI is InChI=1S/C10H20N2O2/c1-8(5-11)3-4-9(13)12-6-10(2,14)7-12/h8,14H,3-7,11H2,1-2H3. The summed E-state index contributed by atoms with van der Waals surface area (Å²) >= 11 is 0. The Morgan fingerprint density at radius 2 is 2.21 bits per heavy atom. The van der Waals surface area contributed by atoms with Gasteiger partial charge >= 0.3 is 0 Å². The van der Waals surface area contributed by atoms with Gasteiger partial charge in [0.25, 0.3) is 0 Å². The van der Waals surface area contributed by atoms with Gasteiger partial charge in [0.1, 0.15) is 0 Å². The molecular weight excluding hydrogens is 180 g/mol. The molecule has 0 aromatic heterocycles. The van der Waals surface area contributed by atoms with Gasteiger partial charge in [-0.25, -0.2) is 0 Å². The first-order valence-corrected chi connectivity index (χ1v) is 5.15. The molecule has 1 rings (SSSR count). The SMILES string of the molecule is CC(CN)CCC(=O)N1CC(C)(O)C1. The second-order valence-corrected chi connectivity index (χ2v) is 4.63. The van der Waals surface area contributed by atoms with E-state index in [4.69, 9.17) is 5.73 Å². The second-order valence-electron chi connectivity index (χ2n) is 4.63. The summed E-state index contributed by atoms with van der Waals surface area (Å²) in [6.45, 7) is 5.37. The van der Waals surface area contributed by atoms with Crippen LogP contribution in [-0.4, -0.2) is 41.1 Å². The van der Waals surface area contributed by atoms with Gasteiger partial charge in [0.15, 0.2) is 0 Å². The predicted molar refractivity (Wildman–Crippen MR) is 54.7 cm³/mol. The Balaban J connectivity index is 2.18. The van der Waals surface area contributed by atoms with Crippen molar-refractivity contribution in [3.8, 4) is 0 Å². The van der Waals surface area contributed by atoms with E-state index in [1.807, 2.05) is 6.92 Å². The Labute approximate surface area is 85.1 Å². The molecule has 1 aliphatic heterocycles. The third-order valence-corrected chi connectivity index (χ3v) is 2.67. The fraction of sp³-hybridized carbons (Fsp3) is 0.900. The van der Waals surface area contributed by atoms with Gasteiger partial charge in [-0.2, -0.15) is 0 Å². The number of nitrogens with zero attached hydrogens (tertiary/aromatic N) is 1. The molecule has 1 saturated heterocycles. The van der Waals surface area contributed by atoms with E-state index in [-0.39, 0.29) is 5.91 Å². The minimum absolute atomic E-state index is 0.136. The summed E-state index contributed by atoms with van der Waals surface area (Å²) in [6, 6.07) is 0. The van der Waals surface area contributed by atoms with E-state index in [9.17, 15) is 9.90 Å². The minimum Gasteiger partial charge on any atom is -0.386 e. The average molecular weight is 200 g/mol. The molecule has 0 bridgehead atoms. The maximum Gasteiger partial charge on any atom is 0.222 e. The minimum atomic E-state index is -0.658. The highest BCUT2D eigenvalue weighted by Gasteiger charge is 2.38. The summed E-state index contributed by atoms with van der Waals surface area (Å²) in [4.78, 5) is 13.2. The molecule has 0 aromatic rings. The third-order valence-electron chi connectivity index (χ3n) is 2.67. The van der Waals surface area contributed by atoms with Crippen LogP contribution in [0, 0.1) is 5.92 Å². The van der Waals surface area contributed by atoms with Crippen molar-refractivity contribution in [1.29, 1.82) is 0 Å². The van der Waals surface area contributed by atoms with Crippen molar-refractivity contribution < 1.29 is 9.90 Å². The van der Waals surface area contributed by atoms with Gasteiger partial charge in [-0.05, 0) is 25.8 Å². The summed E-state index contributed by atoms with van der Waals surface area (Å²) < 4.78 is 0. The Kier molecular flexibility index (Phi) is 3.50. The molecule has 1 amide bonds. The first-order valence-electron chi connectivity index (χ1n) is 5.15. The summed E-state index contributed by atoms with van der Waals surface area (Å²) in [7, 11) is 0. The smallest absolute Gasteiger partial charge is 0.222 e. The fourth-order valence-electron chi connectivity index (χ4n) is 1.60. The highest BCUT2D eigenvalue weighted by Crippen LogP contribution is 2.21. The monoisotopic (exact) mass is 200 g/mol. The number of likely N-dealkylation sites (tertiary alicyclic amines) is 1. The van der Waals surface area contributed by atoms with E-state index in [1.165, 1.54) is 0 Å². The number of nitrogens with two attached hydrogens (primary N) is 1. The van der Waals surface area contributed by atoms with Crippen molar-refractivity contribution in [2.75, 3.05) is 19.6 Å². The van der Waals surface area contributed by atoms with Gasteiger partial charge in [-0.3, -0.25) is 4.79 Å². The van der Waals surface area contributed by atoms with Crippen LogP contribution in [0.2, 0.25) is 0 Å². The molecule has 1 atom stereocenters. The van der Waals surface area contributed by atoms with Crippen molar-refractivity contribution >= 4 is 5.91 Å². The molecule has 1 fully saturated rings. The van der Waals surface area contributed by atoms with Crippen molar-refractivity contribution in [2.24, 2.45) is 11.7 Å². The van der Waals surface area contributed by atoms with Crippen LogP contribution in [0.4, 0.5) is 0 Å². The molecule has 0 saturated carbocycles. The number of rotatable bonds is 4. The quantitative estimate of drug-likeness (QED) is 0.669. The zero-order valence-corrected chi connectivity index (χ0v) is 8.99. The Hall–Kier alpha value is -0.610. The van der Waals surface area contributed by atoms with Crippen LogP contribution in [0.3, 0.4) is 0 Å². The van der Waals surface area contributed by atoms with E-state index in [2.05, 4.69) is 0 Å². The molecule has 1 aliphatic rings. The largest absolute Gasteiger partial charge is 0.386 e. The number of aliphatic hydroxyl groups is 1. The molecule has 4 heteroatoms. The molecule has 14 heavy (non-hydrogen) atoms. The van der Waals surface area contributed by atoms with Crippen LogP contribution in [0.1, 0.15) is 26.7 Å². The number of hydrogen-bond donors (Lipinski definition) is 2. The van der Waals surface area contributed by atoms with Gasteiger partial charge in [-0.1, -0.05) is 6.92 Å². The average Bonchev–Trinajstić information content (AvgIpc) is 2.09. The van der Waals surface area contributed by atoms with Gasteiger partial charge in [-0.15, -0.1) is 0 Å². The lowest BCUT2D eigenvalue weighted by Crippen LogP contribution is -2.61. The third kappa shape index (κ3) is 2.96. The molecule has 82 valence electrons. The van der Waals surface area contributed by atoms with Crippen molar-refractivity contribution in [3.63, 3.8) is 0 Å². The Morgan fingerprint density at radius 3 is 2.64 bits per heavy atom. The summed E-state index contributed by atoms with van der Waals surface area (Å²) in [5.41, 5.74) is 4.80. The zero-order valence-electron chi connectivity index (χ0n) is 8.99. The van der Waals surface area contributed by atoms with Crippen molar-refractivity contribution in [3.05, 3.63) is 0 Å². The van der Waals surface area contributed by atoms with E-state index in [0.717, 1.165) is 6.42 Å². The Morgan fingerprint density at radius 1 is 1.64 bits per heavy atom. The summed E-state index contributed by atoms with van der Waals surface area (Å²) in [5.74, 6) is 0.539. The van der Waals surface area contributed by atoms with E-state index >= 15 is 0 Å². The molecular formula is C10H20N2O2. The highest BCUT2D eigenvalue weighted by molar-refractivity contribution is 5.77. The Bertz CT molecular complexity index is 208. The van der Waals surface area contributed by atoms with Crippen molar-refractivity contribution in [2.45, 2.75) is 32.3 Å². The molecule has 4 nitrogen and oxygen atoms in total. The first-order chi connectivity index (χ1) is 6.44. The van der Waals surface area contributed by atoms with Gasteiger partial charge in [0.2, 0.25) is 5.91 Å². The van der Waals surface area contributed by atoms with Crippen molar-refractivity contribution in [1.82, 2.24) is 4.90 Å². The summed E-state index contributed by atoms with van der Waals surface area (Å²) in [6.07, 6.45) is 1.39. The van der Waals surface area contributed by atoms with E-state index in [1.54, 1.807) is 11.8 Å². The maximum absolute atomic E-state index is 11.5. The van der Waals surface area contributed by atoms with Crippen LogP contribution < -0.4 is 5.73 Å². The number of carbonyl (C=O) groups is 1. The highest BCUT2D eigenvalue weighted by atomic mass is 16.3. The number of carbonyl (C=O) groups excluding carboxylic acids is 1. The lowest BCUT2D eigenvalue weighted by atomic mass is 9.95. The zero-order chi connectivity index (χ0) is 10.8. The van der Waals surface area contributed by atoms with Crippen LogP contribution in [0.25, 0.3) is 0 Å². The molecule has 0 aliphatic carbocycles. The lowest BCUT2D eigenvalue weighted by molar-refractivity contribution is -0.152. The second kappa shape index (κ2) is 4.28. The van der Waals surface area contributed by atoms with Crippen LogP contribution in [0.15, 0.2) is 0 Å².